The first-order valence-electron chi connectivity index (χ1n) is 7.83. The van der Waals surface area contributed by atoms with E-state index < -0.39 is 23.9 Å². The minimum absolute atomic E-state index is 0.123. The number of carbonyl (C=O) groups excluding carboxylic acids is 3. The molecule has 126 valence electrons. The normalized spacial score (nSPS) is 17.8. The number of likely N-dealkylation sites (tertiary alicyclic amines) is 1. The zero-order valence-corrected chi connectivity index (χ0v) is 13.3. The van der Waals surface area contributed by atoms with Crippen LogP contribution in [-0.2, 0) is 20.8 Å². The minimum Gasteiger partial charge on any atom is -0.370 e. The summed E-state index contributed by atoms with van der Waals surface area (Å²) < 4.78 is 0. The predicted molar refractivity (Wildman–Crippen MR) is 86.2 cm³/mol. The Bertz CT molecular complexity index is 654. The number of nitrogens with two attached hydrogens (primary N) is 1. The number of amides is 3. The van der Waals surface area contributed by atoms with Crippen LogP contribution in [0.4, 0.5) is 0 Å². The molecular formula is C17H20N4O3. The monoisotopic (exact) mass is 328 g/mol. The van der Waals surface area contributed by atoms with Crippen LogP contribution in [0.2, 0.25) is 0 Å². The summed E-state index contributed by atoms with van der Waals surface area (Å²) >= 11 is 0. The lowest BCUT2D eigenvalue weighted by Crippen LogP contribution is -2.49. The molecule has 1 aromatic rings. The molecule has 1 saturated heterocycles. The average Bonchev–Trinajstić information content (AvgIpc) is 3.04. The maximum Gasteiger partial charge on any atom is 0.243 e. The van der Waals surface area contributed by atoms with Crippen LogP contribution in [0.15, 0.2) is 30.3 Å². The van der Waals surface area contributed by atoms with Crippen LogP contribution in [0.3, 0.4) is 0 Å². The number of nitrogens with one attached hydrogen (secondary N) is 1. The summed E-state index contributed by atoms with van der Waals surface area (Å²) in [7, 11) is 0. The number of hydrogen-bond donors (Lipinski definition) is 2. The summed E-state index contributed by atoms with van der Waals surface area (Å²) in [6.45, 7) is 0.511. The lowest BCUT2D eigenvalue weighted by molar-refractivity contribution is -0.138. The number of hydrogen-bond acceptors (Lipinski definition) is 4. The molecule has 24 heavy (non-hydrogen) atoms. The van der Waals surface area contributed by atoms with Gasteiger partial charge < -0.3 is 16.0 Å². The fourth-order valence-corrected chi connectivity index (χ4v) is 2.81. The Kier molecular flexibility index (Phi) is 5.90. The number of nitrogens with zero attached hydrogens (tertiary/aromatic N) is 2. The fourth-order valence-electron chi connectivity index (χ4n) is 2.81. The Morgan fingerprint density at radius 3 is 2.67 bits per heavy atom. The van der Waals surface area contributed by atoms with Gasteiger partial charge >= 0.3 is 0 Å². The third kappa shape index (κ3) is 4.56. The number of carbonyl (C=O) groups is 3. The van der Waals surface area contributed by atoms with Crippen molar-refractivity contribution in [2.75, 3.05) is 6.54 Å². The molecule has 7 nitrogen and oxygen atoms in total. The van der Waals surface area contributed by atoms with Crippen molar-refractivity contribution in [1.82, 2.24) is 10.2 Å². The first-order valence-corrected chi connectivity index (χ1v) is 7.83. The zero-order chi connectivity index (χ0) is 17.5. The molecule has 0 saturated carbocycles. The van der Waals surface area contributed by atoms with Crippen molar-refractivity contribution in [3.8, 4) is 6.07 Å². The largest absolute Gasteiger partial charge is 0.370 e. The molecule has 1 fully saturated rings. The topological polar surface area (TPSA) is 116 Å². The van der Waals surface area contributed by atoms with Gasteiger partial charge in [0.25, 0.3) is 0 Å². The van der Waals surface area contributed by atoms with Crippen LogP contribution in [0.5, 0.6) is 0 Å². The molecule has 1 heterocycles. The molecule has 0 aromatic heterocycles. The fraction of sp³-hybridized carbons (Fsp3) is 0.412. The Balaban J connectivity index is 1.99. The molecule has 1 aliphatic heterocycles. The van der Waals surface area contributed by atoms with Gasteiger partial charge in [-0.1, -0.05) is 30.3 Å². The Morgan fingerprint density at radius 1 is 1.33 bits per heavy atom. The van der Waals surface area contributed by atoms with Gasteiger partial charge in [-0.25, -0.2) is 0 Å². The van der Waals surface area contributed by atoms with Gasteiger partial charge in [-0.3, -0.25) is 14.4 Å². The Labute approximate surface area is 140 Å². The second kappa shape index (κ2) is 8.11. The molecular weight excluding hydrogens is 308 g/mol. The molecule has 0 aliphatic carbocycles. The molecule has 1 aliphatic rings. The third-order valence-corrected chi connectivity index (χ3v) is 3.95. The van der Waals surface area contributed by atoms with Crippen LogP contribution < -0.4 is 11.1 Å². The number of primary amides is 1. The highest BCUT2D eigenvalue weighted by Crippen LogP contribution is 2.19. The van der Waals surface area contributed by atoms with Crippen LogP contribution >= 0.6 is 0 Å². The molecule has 0 radical (unpaired) electrons. The highest BCUT2D eigenvalue weighted by molar-refractivity contribution is 5.89. The van der Waals surface area contributed by atoms with E-state index in [-0.39, 0.29) is 18.7 Å². The number of nitriles is 1. The Morgan fingerprint density at radius 2 is 2.04 bits per heavy atom. The minimum atomic E-state index is -0.971. The van der Waals surface area contributed by atoms with Gasteiger partial charge in [0.1, 0.15) is 12.1 Å². The molecule has 2 rings (SSSR count). The van der Waals surface area contributed by atoms with Gasteiger partial charge in [-0.05, 0) is 18.4 Å². The van der Waals surface area contributed by atoms with Gasteiger partial charge in [-0.2, -0.15) is 5.26 Å². The lowest BCUT2D eigenvalue weighted by Gasteiger charge is -2.25. The van der Waals surface area contributed by atoms with Gasteiger partial charge in [0.15, 0.2) is 0 Å². The van der Waals surface area contributed by atoms with E-state index in [9.17, 15) is 14.4 Å². The summed E-state index contributed by atoms with van der Waals surface area (Å²) in [6.07, 6.45) is 1.26. The van der Waals surface area contributed by atoms with Gasteiger partial charge in [0.05, 0.1) is 18.9 Å². The second-order valence-corrected chi connectivity index (χ2v) is 5.77. The van der Waals surface area contributed by atoms with Crippen LogP contribution in [0.1, 0.15) is 24.8 Å². The zero-order valence-electron chi connectivity index (χ0n) is 13.3. The van der Waals surface area contributed by atoms with E-state index in [1.54, 1.807) is 4.90 Å². The summed E-state index contributed by atoms with van der Waals surface area (Å²) in [5.74, 6) is -1.20. The van der Waals surface area contributed by atoms with E-state index in [0.717, 1.165) is 12.0 Å². The van der Waals surface area contributed by atoms with Crippen molar-refractivity contribution in [2.24, 2.45) is 5.73 Å². The van der Waals surface area contributed by atoms with E-state index >= 15 is 0 Å². The van der Waals surface area contributed by atoms with Gasteiger partial charge in [0.2, 0.25) is 17.7 Å². The molecule has 1 aromatic carbocycles. The van der Waals surface area contributed by atoms with Crippen LogP contribution in [-0.4, -0.2) is 41.2 Å². The van der Waals surface area contributed by atoms with Crippen LogP contribution in [0.25, 0.3) is 0 Å². The molecule has 3 amide bonds. The van der Waals surface area contributed by atoms with Crippen LogP contribution in [0, 0.1) is 11.3 Å². The second-order valence-electron chi connectivity index (χ2n) is 5.77. The SMILES string of the molecule is N#C[C@H](CC(N)=O)NC(=O)[C@@H]1CCCN1C(=O)Cc1ccccc1. The van der Waals surface area contributed by atoms with E-state index in [4.69, 9.17) is 11.0 Å². The van der Waals surface area contributed by atoms with E-state index in [2.05, 4.69) is 5.32 Å². The molecule has 7 heteroatoms. The smallest absolute Gasteiger partial charge is 0.243 e. The van der Waals surface area contributed by atoms with Crippen molar-refractivity contribution in [2.45, 2.75) is 37.8 Å². The molecule has 0 spiro atoms. The van der Waals surface area contributed by atoms with E-state index in [0.29, 0.717) is 13.0 Å². The molecule has 3 N–H and O–H groups in total. The summed E-state index contributed by atoms with van der Waals surface area (Å²) in [5, 5.41) is 11.5. The summed E-state index contributed by atoms with van der Waals surface area (Å²) in [6, 6.07) is 9.58. The van der Waals surface area contributed by atoms with Crippen molar-refractivity contribution < 1.29 is 14.4 Å². The van der Waals surface area contributed by atoms with Crippen molar-refractivity contribution in [3.05, 3.63) is 35.9 Å². The maximum atomic E-state index is 12.5. The standard InChI is InChI=1S/C17H20N4O3/c18-11-13(10-15(19)22)20-17(24)14-7-4-8-21(14)16(23)9-12-5-2-1-3-6-12/h1-3,5-6,13-14H,4,7-10H2,(H2,19,22)(H,20,24)/t13-,14-/m0/s1. The average molecular weight is 328 g/mol. The molecule has 0 unspecified atom stereocenters. The Hall–Kier alpha value is -2.88. The first kappa shape index (κ1) is 17.5. The van der Waals surface area contributed by atoms with E-state index in [1.165, 1.54) is 0 Å². The van der Waals surface area contributed by atoms with Crippen molar-refractivity contribution in [3.63, 3.8) is 0 Å². The number of benzene rings is 1. The van der Waals surface area contributed by atoms with Crippen molar-refractivity contribution >= 4 is 17.7 Å². The predicted octanol–water partition coefficient (Wildman–Crippen LogP) is 0.104. The quantitative estimate of drug-likeness (QED) is 0.770. The van der Waals surface area contributed by atoms with Gasteiger partial charge in [-0.15, -0.1) is 0 Å². The highest BCUT2D eigenvalue weighted by atomic mass is 16.2. The highest BCUT2D eigenvalue weighted by Gasteiger charge is 2.34. The van der Waals surface area contributed by atoms with Crippen molar-refractivity contribution in [1.29, 1.82) is 5.26 Å². The molecule has 2 atom stereocenters. The van der Waals surface area contributed by atoms with Gasteiger partial charge in [0, 0.05) is 6.54 Å². The lowest BCUT2D eigenvalue weighted by atomic mass is 10.1. The first-order chi connectivity index (χ1) is 11.5. The number of rotatable bonds is 6. The summed E-state index contributed by atoms with van der Waals surface area (Å²) in [5.41, 5.74) is 5.94. The molecule has 0 bridgehead atoms. The maximum absolute atomic E-state index is 12.5. The van der Waals surface area contributed by atoms with E-state index in [1.807, 2.05) is 36.4 Å². The third-order valence-electron chi connectivity index (χ3n) is 3.95. The summed E-state index contributed by atoms with van der Waals surface area (Å²) in [4.78, 5) is 37.3.